The molecule has 0 saturated carbocycles. The second-order valence-electron chi connectivity index (χ2n) is 7.19. The van der Waals surface area contributed by atoms with Crippen molar-refractivity contribution in [3.8, 4) is 0 Å². The summed E-state index contributed by atoms with van der Waals surface area (Å²) in [6, 6.07) is 24.0. The van der Waals surface area contributed by atoms with Crippen molar-refractivity contribution in [1.29, 1.82) is 0 Å². The van der Waals surface area contributed by atoms with Gasteiger partial charge in [0, 0.05) is 6.42 Å². The zero-order valence-electron chi connectivity index (χ0n) is 16.1. The highest BCUT2D eigenvalue weighted by Crippen LogP contribution is 2.28. The zero-order chi connectivity index (χ0) is 20.4. The molecule has 4 nitrogen and oxygen atoms in total. The van der Waals surface area contributed by atoms with Crippen LogP contribution in [0.4, 0.5) is 0 Å². The molecule has 0 radical (unpaired) electrons. The summed E-state index contributed by atoms with van der Waals surface area (Å²) in [5.74, 6) is -1.43. The third-order valence-electron chi connectivity index (χ3n) is 5.29. The van der Waals surface area contributed by atoms with Crippen LogP contribution in [0, 0.1) is 6.92 Å². The molecule has 144 valence electrons. The molecule has 0 bridgehead atoms. The molecule has 0 fully saturated rings. The number of carbonyl (C=O) groups excluding carboxylic acids is 1. The normalized spacial score (nSPS) is 12.0. The molecule has 0 spiro atoms. The van der Waals surface area contributed by atoms with Gasteiger partial charge in [0.15, 0.2) is 0 Å². The molecule has 29 heavy (non-hydrogen) atoms. The quantitative estimate of drug-likeness (QED) is 0.490. The van der Waals surface area contributed by atoms with E-state index in [0.717, 1.165) is 32.7 Å². The number of amides is 1. The van der Waals surface area contributed by atoms with Crippen molar-refractivity contribution in [3.63, 3.8) is 0 Å². The van der Waals surface area contributed by atoms with Gasteiger partial charge >= 0.3 is 5.97 Å². The first-order valence-corrected chi connectivity index (χ1v) is 9.53. The van der Waals surface area contributed by atoms with E-state index in [2.05, 4.69) is 5.32 Å². The molecule has 0 aliphatic rings. The molecule has 0 aromatic heterocycles. The van der Waals surface area contributed by atoms with E-state index in [4.69, 9.17) is 0 Å². The molecule has 2 N–H and O–H groups in total. The van der Waals surface area contributed by atoms with Crippen LogP contribution in [-0.4, -0.2) is 23.0 Å². The van der Waals surface area contributed by atoms with Gasteiger partial charge in [-0.2, -0.15) is 0 Å². The van der Waals surface area contributed by atoms with Crippen molar-refractivity contribution < 1.29 is 14.7 Å². The summed E-state index contributed by atoms with van der Waals surface area (Å²) >= 11 is 0. The summed E-state index contributed by atoms with van der Waals surface area (Å²) in [5.41, 5.74) is 2.42. The number of aliphatic carboxylic acids is 1. The van der Waals surface area contributed by atoms with Crippen LogP contribution in [0.5, 0.6) is 0 Å². The lowest BCUT2D eigenvalue weighted by Crippen LogP contribution is -2.42. The molecule has 4 aromatic rings. The Balaban J connectivity index is 1.75. The molecule has 4 rings (SSSR count). The van der Waals surface area contributed by atoms with E-state index in [-0.39, 0.29) is 12.3 Å². The van der Waals surface area contributed by atoms with Gasteiger partial charge in [0.25, 0.3) is 5.91 Å². The Morgan fingerprint density at radius 1 is 0.862 bits per heavy atom. The molecule has 0 saturated heterocycles. The fourth-order valence-corrected chi connectivity index (χ4v) is 3.75. The summed E-state index contributed by atoms with van der Waals surface area (Å²) in [7, 11) is 0. The predicted molar refractivity (Wildman–Crippen MR) is 115 cm³/mol. The number of hydrogen-bond donors (Lipinski definition) is 2. The standard InChI is InChI=1S/C25H21NO3/c1-16-8-2-3-9-17(16)15-22(25(28)29)26-24(27)23-20-12-6-4-10-18(20)14-19-11-5-7-13-21(19)23/h2-14,22H,15H2,1H3,(H,26,27)(H,28,29)/t22-/m1/s1. The molecule has 4 aromatic carbocycles. The van der Waals surface area contributed by atoms with Gasteiger partial charge in [0.1, 0.15) is 6.04 Å². The molecule has 4 heteroatoms. The van der Waals surface area contributed by atoms with Crippen molar-refractivity contribution in [1.82, 2.24) is 5.32 Å². The zero-order valence-corrected chi connectivity index (χ0v) is 16.1. The molecule has 1 atom stereocenters. The summed E-state index contributed by atoms with van der Waals surface area (Å²) in [6.07, 6.45) is 0.233. The molecular formula is C25H21NO3. The lowest BCUT2D eigenvalue weighted by Gasteiger charge is -2.18. The molecule has 1 amide bonds. The highest BCUT2D eigenvalue weighted by atomic mass is 16.4. The Labute approximate surface area is 168 Å². The van der Waals surface area contributed by atoms with E-state index >= 15 is 0 Å². The topological polar surface area (TPSA) is 66.4 Å². The van der Waals surface area contributed by atoms with Crippen LogP contribution in [0.3, 0.4) is 0 Å². The van der Waals surface area contributed by atoms with E-state index in [0.29, 0.717) is 5.56 Å². The third kappa shape index (κ3) is 3.69. The second kappa shape index (κ2) is 7.76. The van der Waals surface area contributed by atoms with Crippen LogP contribution >= 0.6 is 0 Å². The number of aryl methyl sites for hydroxylation is 1. The monoisotopic (exact) mass is 383 g/mol. The average molecular weight is 383 g/mol. The molecule has 0 aliphatic carbocycles. The minimum absolute atomic E-state index is 0.233. The van der Waals surface area contributed by atoms with E-state index in [1.54, 1.807) is 0 Å². The summed E-state index contributed by atoms with van der Waals surface area (Å²) in [5, 5.41) is 16.0. The van der Waals surface area contributed by atoms with Gasteiger partial charge in [0.2, 0.25) is 0 Å². The van der Waals surface area contributed by atoms with E-state index in [9.17, 15) is 14.7 Å². The van der Waals surface area contributed by atoms with E-state index in [1.807, 2.05) is 85.8 Å². The predicted octanol–water partition coefficient (Wildman–Crippen LogP) is 4.73. The third-order valence-corrected chi connectivity index (χ3v) is 5.29. The smallest absolute Gasteiger partial charge is 0.326 e. The van der Waals surface area contributed by atoms with Crippen LogP contribution < -0.4 is 5.32 Å². The number of carboxylic acid groups (broad SMARTS) is 1. The van der Waals surface area contributed by atoms with Gasteiger partial charge in [-0.05, 0) is 45.7 Å². The Morgan fingerprint density at radius 2 is 1.41 bits per heavy atom. The fourth-order valence-electron chi connectivity index (χ4n) is 3.75. The van der Waals surface area contributed by atoms with Crippen LogP contribution in [0.25, 0.3) is 21.5 Å². The molecule has 0 unspecified atom stereocenters. The maximum absolute atomic E-state index is 13.3. The maximum atomic E-state index is 13.3. The number of fused-ring (bicyclic) bond motifs is 2. The van der Waals surface area contributed by atoms with Gasteiger partial charge in [-0.1, -0.05) is 72.8 Å². The number of carbonyl (C=O) groups is 2. The van der Waals surface area contributed by atoms with Crippen LogP contribution in [-0.2, 0) is 11.2 Å². The summed E-state index contributed by atoms with van der Waals surface area (Å²) in [6.45, 7) is 1.94. The van der Waals surface area contributed by atoms with Gasteiger partial charge in [-0.3, -0.25) is 4.79 Å². The minimum Gasteiger partial charge on any atom is -0.480 e. The Kier molecular flexibility index (Phi) is 5.00. The minimum atomic E-state index is -1.05. The van der Waals surface area contributed by atoms with E-state index in [1.165, 1.54) is 0 Å². The maximum Gasteiger partial charge on any atom is 0.326 e. The number of hydrogen-bond acceptors (Lipinski definition) is 2. The Morgan fingerprint density at radius 3 is 2.00 bits per heavy atom. The van der Waals surface area contributed by atoms with E-state index < -0.39 is 12.0 Å². The number of benzene rings is 4. The highest BCUT2D eigenvalue weighted by Gasteiger charge is 2.24. The van der Waals surface area contributed by atoms with Crippen molar-refractivity contribution in [2.45, 2.75) is 19.4 Å². The largest absolute Gasteiger partial charge is 0.480 e. The number of rotatable bonds is 5. The van der Waals surface area contributed by atoms with Crippen molar-refractivity contribution in [2.75, 3.05) is 0 Å². The molecular weight excluding hydrogens is 362 g/mol. The first kappa shape index (κ1) is 18.7. The van der Waals surface area contributed by atoms with Gasteiger partial charge in [-0.25, -0.2) is 4.79 Å². The van der Waals surface area contributed by atoms with Gasteiger partial charge in [-0.15, -0.1) is 0 Å². The first-order valence-electron chi connectivity index (χ1n) is 9.53. The van der Waals surface area contributed by atoms with Crippen LogP contribution in [0.1, 0.15) is 21.5 Å². The summed E-state index contributed by atoms with van der Waals surface area (Å²) < 4.78 is 0. The molecule has 0 aliphatic heterocycles. The number of carboxylic acids is 1. The lowest BCUT2D eigenvalue weighted by molar-refractivity contribution is -0.139. The van der Waals surface area contributed by atoms with Gasteiger partial charge < -0.3 is 10.4 Å². The lowest BCUT2D eigenvalue weighted by atomic mass is 9.95. The highest BCUT2D eigenvalue weighted by molar-refractivity contribution is 6.18. The molecule has 0 heterocycles. The van der Waals surface area contributed by atoms with Crippen molar-refractivity contribution in [3.05, 3.63) is 95.6 Å². The van der Waals surface area contributed by atoms with Crippen LogP contribution in [0.15, 0.2) is 78.9 Å². The SMILES string of the molecule is Cc1ccccc1C[C@@H](NC(=O)c1c2ccccc2cc2ccccc12)C(=O)O. The number of nitrogens with one attached hydrogen (secondary N) is 1. The summed E-state index contributed by atoms with van der Waals surface area (Å²) in [4.78, 5) is 25.2. The fraction of sp³-hybridized carbons (Fsp3) is 0.120. The van der Waals surface area contributed by atoms with Crippen LogP contribution in [0.2, 0.25) is 0 Å². The first-order chi connectivity index (χ1) is 14.0. The second-order valence-corrected chi connectivity index (χ2v) is 7.19. The Hall–Kier alpha value is -3.66. The van der Waals surface area contributed by atoms with Crippen molar-refractivity contribution >= 4 is 33.4 Å². The Bertz CT molecular complexity index is 1180. The average Bonchev–Trinajstić information content (AvgIpc) is 2.72. The van der Waals surface area contributed by atoms with Gasteiger partial charge in [0.05, 0.1) is 5.56 Å². The van der Waals surface area contributed by atoms with Crippen molar-refractivity contribution in [2.24, 2.45) is 0 Å².